The first-order valence-corrected chi connectivity index (χ1v) is 12.7. The number of halogens is 1. The first-order valence-electron chi connectivity index (χ1n) is 11.7. The van der Waals surface area contributed by atoms with Gasteiger partial charge in [0.25, 0.3) is 0 Å². The van der Waals surface area contributed by atoms with Crippen molar-refractivity contribution in [3.8, 4) is 11.5 Å². The second-order valence-corrected chi connectivity index (χ2v) is 9.72. The van der Waals surface area contributed by atoms with Crippen LogP contribution in [0.1, 0.15) is 17.5 Å². The summed E-state index contributed by atoms with van der Waals surface area (Å²) in [6.07, 6.45) is 4.60. The minimum atomic E-state index is -0.472. The van der Waals surface area contributed by atoms with Crippen molar-refractivity contribution in [2.75, 3.05) is 6.54 Å². The van der Waals surface area contributed by atoms with Crippen LogP contribution in [-0.2, 0) is 29.0 Å². The van der Waals surface area contributed by atoms with E-state index in [1.807, 2.05) is 17.5 Å². The van der Waals surface area contributed by atoms with Crippen LogP contribution in [0.2, 0.25) is 0 Å². The molecule has 1 aliphatic heterocycles. The van der Waals surface area contributed by atoms with Crippen LogP contribution in [0.25, 0.3) is 0 Å². The Kier molecular flexibility index (Phi) is 7.18. The van der Waals surface area contributed by atoms with Gasteiger partial charge in [0.1, 0.15) is 36.5 Å². The van der Waals surface area contributed by atoms with Gasteiger partial charge in [0, 0.05) is 13.0 Å². The van der Waals surface area contributed by atoms with Crippen LogP contribution in [0.4, 0.5) is 4.39 Å². The van der Waals surface area contributed by atoms with E-state index in [4.69, 9.17) is 4.74 Å². The highest BCUT2D eigenvalue weighted by molar-refractivity contribution is 7.07. The van der Waals surface area contributed by atoms with Crippen LogP contribution in [0, 0.1) is 11.7 Å². The molecule has 0 saturated carbocycles. The van der Waals surface area contributed by atoms with Gasteiger partial charge >= 0.3 is 0 Å². The molecule has 2 atom stereocenters. The SMILES string of the molecule is O=C(Cc1ccc(Oc2ccc(F)cc2)cc1)[C@@H]1C[C@@H](Cc2ccsc2)CN1C(=O)Cn1cncn1. The smallest absolute Gasteiger partial charge is 0.244 e. The molecule has 1 fully saturated rings. The molecule has 0 N–H and O–H groups in total. The largest absolute Gasteiger partial charge is 0.457 e. The van der Waals surface area contributed by atoms with E-state index >= 15 is 0 Å². The van der Waals surface area contributed by atoms with Crippen LogP contribution >= 0.6 is 11.3 Å². The average Bonchev–Trinajstić information content (AvgIpc) is 3.65. The summed E-state index contributed by atoms with van der Waals surface area (Å²) in [5.74, 6) is 0.912. The zero-order valence-electron chi connectivity index (χ0n) is 19.5. The third-order valence-electron chi connectivity index (χ3n) is 6.30. The Balaban J connectivity index is 1.25. The first-order chi connectivity index (χ1) is 17.5. The number of rotatable bonds is 9. The Morgan fingerprint density at radius 1 is 1.03 bits per heavy atom. The summed E-state index contributed by atoms with van der Waals surface area (Å²) in [4.78, 5) is 32.1. The van der Waals surface area contributed by atoms with E-state index in [9.17, 15) is 14.0 Å². The average molecular weight is 505 g/mol. The lowest BCUT2D eigenvalue weighted by Crippen LogP contribution is -2.42. The molecule has 1 aliphatic rings. The van der Waals surface area contributed by atoms with E-state index in [-0.39, 0.29) is 36.4 Å². The van der Waals surface area contributed by atoms with E-state index in [1.165, 1.54) is 35.0 Å². The molecule has 9 heteroatoms. The van der Waals surface area contributed by atoms with Crippen LogP contribution < -0.4 is 4.74 Å². The number of nitrogens with zero attached hydrogens (tertiary/aromatic N) is 4. The number of benzene rings is 2. The summed E-state index contributed by atoms with van der Waals surface area (Å²) >= 11 is 1.65. The number of Topliss-reactive ketones (excluding diaryl/α,β-unsaturated/α-hetero) is 1. The highest BCUT2D eigenvalue weighted by Crippen LogP contribution is 2.29. The molecule has 1 saturated heterocycles. The van der Waals surface area contributed by atoms with Gasteiger partial charge in [0.05, 0.1) is 6.04 Å². The number of carbonyl (C=O) groups is 2. The Morgan fingerprint density at radius 3 is 2.44 bits per heavy atom. The lowest BCUT2D eigenvalue weighted by atomic mass is 9.95. The number of amides is 1. The summed E-state index contributed by atoms with van der Waals surface area (Å²) in [6.45, 7) is 0.606. The molecule has 0 radical (unpaired) electrons. The number of aromatic nitrogens is 3. The van der Waals surface area contributed by atoms with Crippen molar-refractivity contribution in [2.45, 2.75) is 31.8 Å². The van der Waals surface area contributed by atoms with Crippen molar-refractivity contribution >= 4 is 23.0 Å². The van der Waals surface area contributed by atoms with Crippen LogP contribution in [0.5, 0.6) is 11.5 Å². The molecule has 2 aromatic heterocycles. The molecule has 3 heterocycles. The fourth-order valence-corrected chi connectivity index (χ4v) is 5.25. The first kappa shape index (κ1) is 23.9. The summed E-state index contributed by atoms with van der Waals surface area (Å²) in [5, 5.41) is 8.19. The van der Waals surface area contributed by atoms with Crippen LogP contribution in [0.15, 0.2) is 78.0 Å². The standard InChI is InChI=1S/C27H25FN4O3S/c28-22-3-7-24(8-4-22)35-23-5-1-19(2-6-23)13-26(33)25-12-21(11-20-9-10-36-16-20)14-32(25)27(34)15-31-18-29-17-30-31/h1-10,16-18,21,25H,11-15H2/t21-,25+/m1/s1. The molecule has 7 nitrogen and oxygen atoms in total. The molecule has 0 bridgehead atoms. The van der Waals surface area contributed by atoms with Gasteiger partial charge < -0.3 is 9.64 Å². The minimum Gasteiger partial charge on any atom is -0.457 e. The molecular weight excluding hydrogens is 479 g/mol. The molecule has 184 valence electrons. The van der Waals surface area contributed by atoms with Crippen molar-refractivity contribution < 1.29 is 18.7 Å². The minimum absolute atomic E-state index is 0.0157. The number of carbonyl (C=O) groups excluding carboxylic acids is 2. The maximum atomic E-state index is 13.4. The number of hydrogen-bond acceptors (Lipinski definition) is 6. The Labute approximate surface area is 212 Å². The van der Waals surface area contributed by atoms with E-state index in [1.54, 1.807) is 40.5 Å². The van der Waals surface area contributed by atoms with Gasteiger partial charge in [-0.25, -0.2) is 14.1 Å². The normalized spacial score (nSPS) is 17.3. The molecule has 2 aromatic carbocycles. The monoisotopic (exact) mass is 504 g/mol. The third kappa shape index (κ3) is 5.85. The van der Waals surface area contributed by atoms with Crippen molar-refractivity contribution in [3.63, 3.8) is 0 Å². The molecule has 0 unspecified atom stereocenters. The predicted molar refractivity (Wildman–Crippen MR) is 133 cm³/mol. The highest BCUT2D eigenvalue weighted by Gasteiger charge is 2.39. The Morgan fingerprint density at radius 2 is 1.78 bits per heavy atom. The molecule has 0 spiro atoms. The lowest BCUT2D eigenvalue weighted by Gasteiger charge is -2.23. The lowest BCUT2D eigenvalue weighted by molar-refractivity contribution is -0.138. The van der Waals surface area contributed by atoms with Crippen LogP contribution in [-0.4, -0.2) is 43.9 Å². The second kappa shape index (κ2) is 10.8. The third-order valence-corrected chi connectivity index (χ3v) is 7.03. The molecule has 4 aromatic rings. The Hall–Kier alpha value is -3.85. The molecular formula is C27H25FN4O3S. The highest BCUT2D eigenvalue weighted by atomic mass is 32.1. The van der Waals surface area contributed by atoms with Gasteiger partial charge in [0.15, 0.2) is 5.78 Å². The number of likely N-dealkylation sites (tertiary alicyclic amines) is 1. The van der Waals surface area contributed by atoms with Gasteiger partial charge in [-0.3, -0.25) is 9.59 Å². The van der Waals surface area contributed by atoms with Gasteiger partial charge in [-0.1, -0.05) is 12.1 Å². The summed E-state index contributed by atoms with van der Waals surface area (Å²) in [5.41, 5.74) is 2.08. The fraction of sp³-hybridized carbons (Fsp3) is 0.259. The molecule has 0 aliphatic carbocycles. The summed E-state index contributed by atoms with van der Waals surface area (Å²) in [6, 6.07) is 14.7. The maximum Gasteiger partial charge on any atom is 0.244 e. The van der Waals surface area contributed by atoms with E-state index in [0.717, 1.165) is 12.0 Å². The van der Waals surface area contributed by atoms with Gasteiger partial charge in [-0.05, 0) is 83.1 Å². The van der Waals surface area contributed by atoms with Crippen LogP contribution in [0.3, 0.4) is 0 Å². The second-order valence-electron chi connectivity index (χ2n) is 8.94. The number of ether oxygens (including phenoxy) is 1. The zero-order chi connectivity index (χ0) is 24.9. The van der Waals surface area contributed by atoms with Crippen molar-refractivity contribution in [1.29, 1.82) is 0 Å². The quantitative estimate of drug-likeness (QED) is 0.334. The van der Waals surface area contributed by atoms with E-state index < -0.39 is 6.04 Å². The van der Waals surface area contributed by atoms with Gasteiger partial charge in [-0.15, -0.1) is 0 Å². The van der Waals surface area contributed by atoms with E-state index in [2.05, 4.69) is 21.5 Å². The fourth-order valence-electron chi connectivity index (χ4n) is 4.57. The van der Waals surface area contributed by atoms with Crippen molar-refractivity contribution in [1.82, 2.24) is 19.7 Å². The summed E-state index contributed by atoms with van der Waals surface area (Å²) < 4.78 is 20.3. The zero-order valence-corrected chi connectivity index (χ0v) is 20.3. The van der Waals surface area contributed by atoms with Crippen molar-refractivity contribution in [2.24, 2.45) is 5.92 Å². The molecule has 1 amide bonds. The number of ketones is 1. The van der Waals surface area contributed by atoms with Gasteiger partial charge in [0.2, 0.25) is 5.91 Å². The molecule has 5 rings (SSSR count). The van der Waals surface area contributed by atoms with Gasteiger partial charge in [-0.2, -0.15) is 16.4 Å². The topological polar surface area (TPSA) is 77.3 Å². The maximum absolute atomic E-state index is 13.4. The molecule has 36 heavy (non-hydrogen) atoms. The number of hydrogen-bond donors (Lipinski definition) is 0. The Bertz CT molecular complexity index is 1290. The predicted octanol–water partition coefficient (Wildman–Crippen LogP) is 4.54. The van der Waals surface area contributed by atoms with E-state index in [0.29, 0.717) is 24.5 Å². The van der Waals surface area contributed by atoms with Crippen molar-refractivity contribution in [3.05, 3.63) is 95.0 Å². The number of thiophene rings is 1. The summed E-state index contributed by atoms with van der Waals surface area (Å²) in [7, 11) is 0.